The van der Waals surface area contributed by atoms with E-state index in [1.165, 1.54) is 0 Å². The number of hydrogen-bond donors (Lipinski definition) is 2. The van der Waals surface area contributed by atoms with Gasteiger partial charge in [0.1, 0.15) is 0 Å². The number of nitrogens with one attached hydrogen (secondary N) is 1. The van der Waals surface area contributed by atoms with Gasteiger partial charge in [0, 0.05) is 6.54 Å². The van der Waals surface area contributed by atoms with Crippen LogP contribution in [-0.2, 0) is 0 Å². The fourth-order valence-corrected chi connectivity index (χ4v) is 1.38. The highest BCUT2D eigenvalue weighted by Crippen LogP contribution is 2.04. The number of nitrogens with zero attached hydrogens (tertiary/aromatic N) is 1. The van der Waals surface area contributed by atoms with Gasteiger partial charge in [-0.05, 0) is 47.0 Å². The lowest BCUT2D eigenvalue weighted by atomic mass is 10.1. The van der Waals surface area contributed by atoms with Gasteiger partial charge in [-0.2, -0.15) is 0 Å². The van der Waals surface area contributed by atoms with Gasteiger partial charge in [-0.3, -0.25) is 0 Å². The first kappa shape index (κ1) is 12.9. The largest absolute Gasteiger partial charge is 0.389 e. The molecule has 0 aliphatic carbocycles. The quantitative estimate of drug-likeness (QED) is 0.577. The molecular formula is C10H24N2O. The molecule has 0 saturated heterocycles. The first-order chi connectivity index (χ1) is 5.99. The Hall–Kier alpha value is -0.120. The summed E-state index contributed by atoms with van der Waals surface area (Å²) in [6.45, 7) is 9.71. The van der Waals surface area contributed by atoms with E-state index in [2.05, 4.69) is 17.1 Å². The summed E-state index contributed by atoms with van der Waals surface area (Å²) in [4.78, 5) is 2.28. The first-order valence-electron chi connectivity index (χ1n) is 5.09. The third-order valence-electron chi connectivity index (χ3n) is 1.96. The van der Waals surface area contributed by atoms with Gasteiger partial charge in [-0.1, -0.05) is 6.92 Å². The van der Waals surface area contributed by atoms with Gasteiger partial charge in [0.25, 0.3) is 0 Å². The van der Waals surface area contributed by atoms with Gasteiger partial charge in [0.2, 0.25) is 0 Å². The van der Waals surface area contributed by atoms with Crippen LogP contribution in [0.3, 0.4) is 0 Å². The standard InChI is InChI=1S/C10H24N2O/c1-5-12(8-6-7-11-4)9-10(2,3)13/h11,13H,5-9H2,1-4H3. The second-order valence-electron chi connectivity index (χ2n) is 4.14. The summed E-state index contributed by atoms with van der Waals surface area (Å²) in [5, 5.41) is 12.7. The molecule has 0 aliphatic rings. The van der Waals surface area contributed by atoms with Crippen LogP contribution in [0, 0.1) is 0 Å². The minimum Gasteiger partial charge on any atom is -0.389 e. The van der Waals surface area contributed by atoms with Gasteiger partial charge in [0.05, 0.1) is 5.60 Å². The number of rotatable bonds is 7. The maximum Gasteiger partial charge on any atom is 0.0718 e. The Morgan fingerprint density at radius 1 is 1.38 bits per heavy atom. The van der Waals surface area contributed by atoms with E-state index < -0.39 is 5.60 Å². The highest BCUT2D eigenvalue weighted by atomic mass is 16.3. The molecule has 0 aromatic carbocycles. The molecule has 0 saturated carbocycles. The Kier molecular flexibility index (Phi) is 6.29. The smallest absolute Gasteiger partial charge is 0.0718 e. The van der Waals surface area contributed by atoms with Crippen LogP contribution >= 0.6 is 0 Å². The highest BCUT2D eigenvalue weighted by molar-refractivity contribution is 4.71. The van der Waals surface area contributed by atoms with Crippen LogP contribution in [0.1, 0.15) is 27.2 Å². The lowest BCUT2D eigenvalue weighted by Gasteiger charge is -2.27. The highest BCUT2D eigenvalue weighted by Gasteiger charge is 2.16. The summed E-state index contributed by atoms with van der Waals surface area (Å²) in [7, 11) is 1.96. The normalized spacial score (nSPS) is 12.5. The topological polar surface area (TPSA) is 35.5 Å². The number of hydrogen-bond acceptors (Lipinski definition) is 3. The summed E-state index contributed by atoms with van der Waals surface area (Å²) < 4.78 is 0. The minimum atomic E-state index is -0.574. The average Bonchev–Trinajstić information content (AvgIpc) is 2.01. The van der Waals surface area contributed by atoms with Gasteiger partial charge >= 0.3 is 0 Å². The number of aliphatic hydroxyl groups is 1. The molecule has 0 bridgehead atoms. The maximum atomic E-state index is 9.62. The van der Waals surface area contributed by atoms with Crippen molar-refractivity contribution in [3.05, 3.63) is 0 Å². The Balaban J connectivity index is 3.63. The number of likely N-dealkylation sites (N-methyl/N-ethyl adjacent to an activating group) is 1. The molecule has 0 radical (unpaired) electrons. The van der Waals surface area contributed by atoms with Gasteiger partial charge < -0.3 is 15.3 Å². The molecule has 0 spiro atoms. The Morgan fingerprint density at radius 2 is 2.00 bits per heavy atom. The zero-order chi connectivity index (χ0) is 10.3. The van der Waals surface area contributed by atoms with Gasteiger partial charge in [-0.25, -0.2) is 0 Å². The van der Waals surface area contributed by atoms with E-state index >= 15 is 0 Å². The lowest BCUT2D eigenvalue weighted by molar-refractivity contribution is 0.0376. The molecule has 3 nitrogen and oxygen atoms in total. The van der Waals surface area contributed by atoms with E-state index in [0.717, 1.165) is 32.6 Å². The molecule has 3 heteroatoms. The first-order valence-corrected chi connectivity index (χ1v) is 5.09. The zero-order valence-corrected chi connectivity index (χ0v) is 9.43. The van der Waals surface area contributed by atoms with Crippen LogP contribution in [-0.4, -0.2) is 48.8 Å². The second kappa shape index (κ2) is 6.35. The van der Waals surface area contributed by atoms with E-state index in [1.807, 2.05) is 20.9 Å². The third-order valence-corrected chi connectivity index (χ3v) is 1.96. The van der Waals surface area contributed by atoms with Crippen molar-refractivity contribution in [3.63, 3.8) is 0 Å². The van der Waals surface area contributed by atoms with Crippen LogP contribution in [0.4, 0.5) is 0 Å². The third kappa shape index (κ3) is 8.22. The molecule has 0 heterocycles. The van der Waals surface area contributed by atoms with Crippen molar-refractivity contribution in [2.45, 2.75) is 32.8 Å². The van der Waals surface area contributed by atoms with Crippen LogP contribution in [0.2, 0.25) is 0 Å². The van der Waals surface area contributed by atoms with E-state index in [4.69, 9.17) is 0 Å². The van der Waals surface area contributed by atoms with Crippen molar-refractivity contribution >= 4 is 0 Å². The van der Waals surface area contributed by atoms with Crippen molar-refractivity contribution in [2.24, 2.45) is 0 Å². The van der Waals surface area contributed by atoms with Crippen molar-refractivity contribution in [1.82, 2.24) is 10.2 Å². The van der Waals surface area contributed by atoms with Crippen LogP contribution in [0.15, 0.2) is 0 Å². The summed E-state index contributed by atoms with van der Waals surface area (Å²) in [5.41, 5.74) is -0.574. The molecule has 0 aromatic rings. The minimum absolute atomic E-state index is 0.574. The zero-order valence-electron chi connectivity index (χ0n) is 9.43. The van der Waals surface area contributed by atoms with E-state index in [-0.39, 0.29) is 0 Å². The molecule has 0 atom stereocenters. The molecule has 80 valence electrons. The van der Waals surface area contributed by atoms with Crippen molar-refractivity contribution in [2.75, 3.05) is 33.2 Å². The second-order valence-corrected chi connectivity index (χ2v) is 4.14. The molecule has 0 rings (SSSR count). The Morgan fingerprint density at radius 3 is 2.38 bits per heavy atom. The SMILES string of the molecule is CCN(CCCNC)CC(C)(C)O. The predicted molar refractivity (Wildman–Crippen MR) is 57.0 cm³/mol. The van der Waals surface area contributed by atoms with Crippen LogP contribution in [0.5, 0.6) is 0 Å². The predicted octanol–water partition coefficient (Wildman–Crippen LogP) is 0.689. The molecule has 0 aromatic heterocycles. The summed E-state index contributed by atoms with van der Waals surface area (Å²) in [6.07, 6.45) is 1.14. The van der Waals surface area contributed by atoms with Crippen molar-refractivity contribution in [3.8, 4) is 0 Å². The molecule has 2 N–H and O–H groups in total. The molecular weight excluding hydrogens is 164 g/mol. The van der Waals surface area contributed by atoms with E-state index in [1.54, 1.807) is 0 Å². The molecule has 0 amide bonds. The van der Waals surface area contributed by atoms with E-state index in [9.17, 15) is 5.11 Å². The summed E-state index contributed by atoms with van der Waals surface area (Å²) >= 11 is 0. The maximum absolute atomic E-state index is 9.62. The average molecular weight is 188 g/mol. The molecule has 0 aliphatic heterocycles. The fraction of sp³-hybridized carbons (Fsp3) is 1.00. The summed E-state index contributed by atoms with van der Waals surface area (Å²) in [5.74, 6) is 0. The van der Waals surface area contributed by atoms with E-state index in [0.29, 0.717) is 0 Å². The Labute approximate surface area is 82.1 Å². The van der Waals surface area contributed by atoms with Crippen molar-refractivity contribution < 1.29 is 5.11 Å². The lowest BCUT2D eigenvalue weighted by Crippen LogP contribution is -2.39. The van der Waals surface area contributed by atoms with Gasteiger partial charge in [-0.15, -0.1) is 0 Å². The monoisotopic (exact) mass is 188 g/mol. The molecule has 13 heavy (non-hydrogen) atoms. The van der Waals surface area contributed by atoms with Crippen LogP contribution in [0.25, 0.3) is 0 Å². The molecule has 0 unspecified atom stereocenters. The Bertz CT molecular complexity index is 121. The van der Waals surface area contributed by atoms with Crippen LogP contribution < -0.4 is 5.32 Å². The fourth-order valence-electron chi connectivity index (χ4n) is 1.38. The molecule has 0 fully saturated rings. The van der Waals surface area contributed by atoms with Gasteiger partial charge in [0.15, 0.2) is 0 Å². The summed E-state index contributed by atoms with van der Waals surface area (Å²) in [6, 6.07) is 0. The van der Waals surface area contributed by atoms with Crippen molar-refractivity contribution in [1.29, 1.82) is 0 Å².